The highest BCUT2D eigenvalue weighted by atomic mass is 127. The maximum absolute atomic E-state index is 11.5. The van der Waals surface area contributed by atoms with Crippen LogP contribution >= 0.6 is 22.6 Å². The van der Waals surface area contributed by atoms with E-state index in [9.17, 15) is 9.59 Å². The Kier molecular flexibility index (Phi) is 6.61. The fourth-order valence-electron chi connectivity index (χ4n) is 1.32. The monoisotopic (exact) mass is 346 g/mol. The zero-order valence-electron chi connectivity index (χ0n) is 9.41. The van der Waals surface area contributed by atoms with E-state index in [0.29, 0.717) is 18.5 Å². The van der Waals surface area contributed by atoms with Crippen LogP contribution in [0.1, 0.15) is 19.3 Å². The van der Waals surface area contributed by atoms with Crippen LogP contribution in [0, 0.1) is 0 Å². The number of amides is 2. The standard InChI is InChI=1S/C12H15IN2O2/c13-8-2-1-3-12(17)15-11-6-4-10(5-7-11)14-9-16/h4-7,9H,1-3,8H2,(H,14,16)(H,15,17). The predicted octanol–water partition coefficient (Wildman–Crippen LogP) is 2.80. The third-order valence-electron chi connectivity index (χ3n) is 2.18. The fourth-order valence-corrected chi connectivity index (χ4v) is 1.86. The number of alkyl halides is 1. The van der Waals surface area contributed by atoms with Crippen molar-refractivity contribution >= 4 is 46.3 Å². The highest BCUT2D eigenvalue weighted by Crippen LogP contribution is 2.13. The van der Waals surface area contributed by atoms with E-state index in [1.54, 1.807) is 24.3 Å². The van der Waals surface area contributed by atoms with Gasteiger partial charge in [-0.15, -0.1) is 0 Å². The molecule has 0 saturated carbocycles. The minimum absolute atomic E-state index is 0.0333. The van der Waals surface area contributed by atoms with Crippen molar-refractivity contribution in [1.29, 1.82) is 0 Å². The molecule has 0 atom stereocenters. The highest BCUT2D eigenvalue weighted by Gasteiger charge is 2.01. The molecule has 0 spiro atoms. The van der Waals surface area contributed by atoms with Gasteiger partial charge in [0.1, 0.15) is 0 Å². The van der Waals surface area contributed by atoms with Crippen LogP contribution in [0.3, 0.4) is 0 Å². The van der Waals surface area contributed by atoms with Crippen molar-refractivity contribution in [1.82, 2.24) is 0 Å². The Labute approximate surface area is 114 Å². The lowest BCUT2D eigenvalue weighted by Gasteiger charge is -2.05. The van der Waals surface area contributed by atoms with Gasteiger partial charge in [-0.25, -0.2) is 0 Å². The van der Waals surface area contributed by atoms with Crippen molar-refractivity contribution in [3.63, 3.8) is 0 Å². The zero-order chi connectivity index (χ0) is 12.5. The minimum Gasteiger partial charge on any atom is -0.329 e. The van der Waals surface area contributed by atoms with Crippen LogP contribution in [0.25, 0.3) is 0 Å². The number of rotatable bonds is 7. The molecule has 0 saturated heterocycles. The fraction of sp³-hybridized carbons (Fsp3) is 0.333. The summed E-state index contributed by atoms with van der Waals surface area (Å²) in [6.45, 7) is 0. The molecule has 0 unspecified atom stereocenters. The maximum atomic E-state index is 11.5. The van der Waals surface area contributed by atoms with Gasteiger partial charge in [-0.1, -0.05) is 22.6 Å². The van der Waals surface area contributed by atoms with Crippen LogP contribution in [0.15, 0.2) is 24.3 Å². The molecule has 0 radical (unpaired) electrons. The first-order chi connectivity index (χ1) is 8.26. The van der Waals surface area contributed by atoms with E-state index in [2.05, 4.69) is 33.2 Å². The van der Waals surface area contributed by atoms with Crippen molar-refractivity contribution in [3.05, 3.63) is 24.3 Å². The molecule has 0 aliphatic rings. The van der Waals surface area contributed by atoms with Gasteiger partial charge in [-0.2, -0.15) is 0 Å². The van der Waals surface area contributed by atoms with Crippen molar-refractivity contribution in [2.75, 3.05) is 15.1 Å². The number of carbonyl (C=O) groups is 2. The van der Waals surface area contributed by atoms with E-state index >= 15 is 0 Å². The highest BCUT2D eigenvalue weighted by molar-refractivity contribution is 14.1. The summed E-state index contributed by atoms with van der Waals surface area (Å²) >= 11 is 2.30. The summed E-state index contributed by atoms with van der Waals surface area (Å²) in [5, 5.41) is 5.35. The van der Waals surface area contributed by atoms with Crippen LogP contribution in [-0.4, -0.2) is 16.7 Å². The number of carbonyl (C=O) groups excluding carboxylic acids is 2. The van der Waals surface area contributed by atoms with Gasteiger partial charge in [0.25, 0.3) is 0 Å². The molecule has 0 heterocycles. The Balaban J connectivity index is 2.40. The van der Waals surface area contributed by atoms with Gasteiger partial charge in [-0.3, -0.25) is 9.59 Å². The molecule has 0 aliphatic heterocycles. The van der Waals surface area contributed by atoms with E-state index < -0.39 is 0 Å². The molecule has 0 bridgehead atoms. The second-order valence-electron chi connectivity index (χ2n) is 3.53. The van der Waals surface area contributed by atoms with Gasteiger partial charge in [0.05, 0.1) is 0 Å². The number of hydrogen-bond donors (Lipinski definition) is 2. The summed E-state index contributed by atoms with van der Waals surface area (Å²) in [5.41, 5.74) is 1.46. The van der Waals surface area contributed by atoms with Gasteiger partial charge >= 0.3 is 0 Å². The Morgan fingerprint density at radius 2 is 1.82 bits per heavy atom. The van der Waals surface area contributed by atoms with Gasteiger partial charge in [0.2, 0.25) is 12.3 Å². The number of nitrogens with one attached hydrogen (secondary N) is 2. The topological polar surface area (TPSA) is 58.2 Å². The molecule has 2 N–H and O–H groups in total. The quantitative estimate of drug-likeness (QED) is 0.345. The molecule has 1 aromatic carbocycles. The number of unbranched alkanes of at least 4 members (excludes halogenated alkanes) is 1. The van der Waals surface area contributed by atoms with Crippen LogP contribution in [0.2, 0.25) is 0 Å². The lowest BCUT2D eigenvalue weighted by atomic mass is 10.2. The average molecular weight is 346 g/mol. The summed E-state index contributed by atoms with van der Waals surface area (Å²) < 4.78 is 1.08. The molecule has 0 aliphatic carbocycles. The third kappa shape index (κ3) is 5.67. The lowest BCUT2D eigenvalue weighted by Crippen LogP contribution is -2.11. The van der Waals surface area contributed by atoms with Gasteiger partial charge in [-0.05, 0) is 41.5 Å². The SMILES string of the molecule is O=CNc1ccc(NC(=O)CCCCI)cc1. The normalized spacial score (nSPS) is 9.71. The van der Waals surface area contributed by atoms with Crippen LogP contribution in [-0.2, 0) is 9.59 Å². The minimum atomic E-state index is 0.0333. The predicted molar refractivity (Wildman–Crippen MR) is 77.5 cm³/mol. The van der Waals surface area contributed by atoms with E-state index in [4.69, 9.17) is 0 Å². The number of halogens is 1. The van der Waals surface area contributed by atoms with E-state index in [1.807, 2.05) is 0 Å². The van der Waals surface area contributed by atoms with Crippen molar-refractivity contribution in [2.45, 2.75) is 19.3 Å². The molecule has 0 fully saturated rings. The molecule has 1 rings (SSSR count). The van der Waals surface area contributed by atoms with Crippen molar-refractivity contribution < 1.29 is 9.59 Å². The van der Waals surface area contributed by atoms with Gasteiger partial charge in [0, 0.05) is 17.8 Å². The second-order valence-corrected chi connectivity index (χ2v) is 4.61. The average Bonchev–Trinajstić information content (AvgIpc) is 2.32. The molecule has 1 aromatic rings. The van der Waals surface area contributed by atoms with Crippen molar-refractivity contribution in [3.8, 4) is 0 Å². The molecule has 5 heteroatoms. The summed E-state index contributed by atoms with van der Waals surface area (Å²) in [6, 6.07) is 7.02. The summed E-state index contributed by atoms with van der Waals surface area (Å²) in [5.74, 6) is 0.0333. The van der Waals surface area contributed by atoms with Gasteiger partial charge in [0.15, 0.2) is 0 Å². The van der Waals surface area contributed by atoms with Gasteiger partial charge < -0.3 is 10.6 Å². The Bertz CT molecular complexity index is 365. The first-order valence-electron chi connectivity index (χ1n) is 5.42. The third-order valence-corrected chi connectivity index (χ3v) is 2.94. The number of anilines is 2. The Morgan fingerprint density at radius 3 is 2.41 bits per heavy atom. The first kappa shape index (κ1) is 14.0. The smallest absolute Gasteiger partial charge is 0.224 e. The summed E-state index contributed by atoms with van der Waals surface area (Å²) in [6.07, 6.45) is 3.16. The molecular formula is C12H15IN2O2. The molecule has 0 aromatic heterocycles. The maximum Gasteiger partial charge on any atom is 0.224 e. The zero-order valence-corrected chi connectivity index (χ0v) is 11.6. The van der Waals surface area contributed by atoms with Crippen LogP contribution < -0.4 is 10.6 Å². The molecule has 17 heavy (non-hydrogen) atoms. The number of hydrogen-bond acceptors (Lipinski definition) is 2. The van der Waals surface area contributed by atoms with E-state index in [1.165, 1.54) is 0 Å². The second kappa shape index (κ2) is 8.05. The lowest BCUT2D eigenvalue weighted by molar-refractivity contribution is -0.116. The van der Waals surface area contributed by atoms with Crippen LogP contribution in [0.5, 0.6) is 0 Å². The largest absolute Gasteiger partial charge is 0.329 e. The van der Waals surface area contributed by atoms with Crippen LogP contribution in [0.4, 0.5) is 11.4 Å². The van der Waals surface area contributed by atoms with E-state index in [0.717, 1.165) is 23.0 Å². The number of benzene rings is 1. The molecule has 92 valence electrons. The summed E-state index contributed by atoms with van der Waals surface area (Å²) in [7, 11) is 0. The first-order valence-corrected chi connectivity index (χ1v) is 6.95. The molecular weight excluding hydrogens is 331 g/mol. The Hall–Kier alpha value is -1.11. The molecule has 2 amide bonds. The molecule has 4 nitrogen and oxygen atoms in total. The Morgan fingerprint density at radius 1 is 1.18 bits per heavy atom. The van der Waals surface area contributed by atoms with E-state index in [-0.39, 0.29) is 5.91 Å². The summed E-state index contributed by atoms with van der Waals surface area (Å²) in [4.78, 5) is 21.7. The van der Waals surface area contributed by atoms with Crippen molar-refractivity contribution in [2.24, 2.45) is 0 Å².